The van der Waals surface area contributed by atoms with Gasteiger partial charge in [0, 0.05) is 17.0 Å². The molecule has 5 rings (SSSR count). The van der Waals surface area contributed by atoms with Gasteiger partial charge in [0.1, 0.15) is 11.5 Å². The first-order chi connectivity index (χ1) is 16.9. The van der Waals surface area contributed by atoms with Crippen molar-refractivity contribution < 1.29 is 27.4 Å². The lowest BCUT2D eigenvalue weighted by Gasteiger charge is -2.10. The summed E-state index contributed by atoms with van der Waals surface area (Å²) in [7, 11) is 0. The van der Waals surface area contributed by atoms with Crippen LogP contribution in [0.5, 0.6) is 11.5 Å². The Bertz CT molecular complexity index is 1270. The summed E-state index contributed by atoms with van der Waals surface area (Å²) < 4.78 is 52.1. The number of benzene rings is 3. The van der Waals surface area contributed by atoms with Gasteiger partial charge in [0.25, 0.3) is 0 Å². The SMILES string of the molecule is CC1c2cc(C#Cc3ccc(OC(F)(F)F)cc3)ccc2-c2ccc(OCCCCC3CO3)cc21. The van der Waals surface area contributed by atoms with Crippen LogP contribution in [0.1, 0.15) is 54.4 Å². The van der Waals surface area contributed by atoms with Crippen LogP contribution in [-0.4, -0.2) is 25.7 Å². The zero-order valence-electron chi connectivity index (χ0n) is 19.3. The molecule has 1 fully saturated rings. The van der Waals surface area contributed by atoms with Crippen LogP contribution < -0.4 is 9.47 Å². The Kier molecular flexibility index (Phi) is 6.44. The summed E-state index contributed by atoms with van der Waals surface area (Å²) >= 11 is 0. The van der Waals surface area contributed by atoms with Crippen molar-refractivity contribution in [3.63, 3.8) is 0 Å². The molecule has 0 radical (unpaired) electrons. The van der Waals surface area contributed by atoms with Crippen molar-refractivity contribution in [1.29, 1.82) is 0 Å². The van der Waals surface area contributed by atoms with E-state index in [4.69, 9.17) is 9.47 Å². The van der Waals surface area contributed by atoms with E-state index in [0.29, 0.717) is 18.3 Å². The average molecular weight is 479 g/mol. The monoisotopic (exact) mass is 478 g/mol. The van der Waals surface area contributed by atoms with Crippen molar-refractivity contribution in [3.05, 3.63) is 82.9 Å². The summed E-state index contributed by atoms with van der Waals surface area (Å²) in [4.78, 5) is 0. The Labute approximate surface area is 202 Å². The number of alkyl halides is 3. The highest BCUT2D eigenvalue weighted by Gasteiger charge is 2.31. The number of fused-ring (bicyclic) bond motifs is 3. The molecule has 0 spiro atoms. The topological polar surface area (TPSA) is 31.0 Å². The van der Waals surface area contributed by atoms with E-state index in [1.807, 2.05) is 12.1 Å². The number of rotatable bonds is 7. The van der Waals surface area contributed by atoms with Crippen LogP contribution in [0.25, 0.3) is 11.1 Å². The Morgan fingerprint density at radius 1 is 0.857 bits per heavy atom. The Morgan fingerprint density at radius 3 is 2.20 bits per heavy atom. The predicted molar refractivity (Wildman–Crippen MR) is 128 cm³/mol. The van der Waals surface area contributed by atoms with Gasteiger partial charge in [-0.05, 0) is 90.0 Å². The van der Waals surface area contributed by atoms with Crippen molar-refractivity contribution in [2.75, 3.05) is 13.2 Å². The number of ether oxygens (including phenoxy) is 3. The van der Waals surface area contributed by atoms with Crippen LogP contribution in [0.2, 0.25) is 0 Å². The molecule has 0 aromatic heterocycles. The molecule has 2 unspecified atom stereocenters. The highest BCUT2D eigenvalue weighted by atomic mass is 19.4. The van der Waals surface area contributed by atoms with Crippen LogP contribution in [0.15, 0.2) is 60.7 Å². The summed E-state index contributed by atoms with van der Waals surface area (Å²) in [6, 6.07) is 18.0. The molecule has 6 heteroatoms. The van der Waals surface area contributed by atoms with Gasteiger partial charge in [0.05, 0.1) is 19.3 Å². The van der Waals surface area contributed by atoms with Crippen LogP contribution in [-0.2, 0) is 4.74 Å². The van der Waals surface area contributed by atoms with Gasteiger partial charge in [0.15, 0.2) is 0 Å². The fourth-order valence-electron chi connectivity index (χ4n) is 4.43. The van der Waals surface area contributed by atoms with Gasteiger partial charge in [-0.3, -0.25) is 0 Å². The third kappa shape index (κ3) is 5.80. The lowest BCUT2D eigenvalue weighted by molar-refractivity contribution is -0.274. The Hall–Kier alpha value is -3.43. The normalized spacial score (nSPS) is 17.7. The zero-order valence-corrected chi connectivity index (χ0v) is 19.3. The number of epoxide rings is 1. The van der Waals surface area contributed by atoms with E-state index in [-0.39, 0.29) is 11.7 Å². The lowest BCUT2D eigenvalue weighted by atomic mass is 9.98. The first-order valence-electron chi connectivity index (χ1n) is 11.8. The second-order valence-electron chi connectivity index (χ2n) is 8.89. The maximum absolute atomic E-state index is 12.3. The number of hydrogen-bond acceptors (Lipinski definition) is 3. The number of hydrogen-bond donors (Lipinski definition) is 0. The van der Waals surface area contributed by atoms with E-state index in [1.54, 1.807) is 0 Å². The van der Waals surface area contributed by atoms with Gasteiger partial charge in [-0.25, -0.2) is 0 Å². The molecule has 0 amide bonds. The maximum atomic E-state index is 12.3. The summed E-state index contributed by atoms with van der Waals surface area (Å²) in [6.07, 6.45) is -0.977. The second kappa shape index (κ2) is 9.67. The van der Waals surface area contributed by atoms with E-state index < -0.39 is 6.36 Å². The van der Waals surface area contributed by atoms with E-state index in [1.165, 1.54) is 46.5 Å². The van der Waals surface area contributed by atoms with Gasteiger partial charge in [-0.2, -0.15) is 0 Å². The standard InChI is InChI=1S/C29H25F3O3/c1-19-27-16-21(6-5-20-7-10-22(11-8-20)35-29(30,31)32)9-13-25(27)26-14-12-23(17-28(19)26)33-15-3-2-4-24-18-34-24/h7-14,16-17,19,24H,2-4,15,18H2,1H3. The van der Waals surface area contributed by atoms with Crippen molar-refractivity contribution in [2.45, 2.75) is 44.6 Å². The van der Waals surface area contributed by atoms with Gasteiger partial charge >= 0.3 is 6.36 Å². The molecule has 2 atom stereocenters. The van der Waals surface area contributed by atoms with E-state index >= 15 is 0 Å². The minimum atomic E-state index is -4.70. The molecule has 2 aliphatic rings. The molecular weight excluding hydrogens is 453 g/mol. The molecule has 1 aliphatic heterocycles. The van der Waals surface area contributed by atoms with Gasteiger partial charge < -0.3 is 14.2 Å². The largest absolute Gasteiger partial charge is 0.573 e. The molecule has 1 aliphatic carbocycles. The Morgan fingerprint density at radius 2 is 1.49 bits per heavy atom. The lowest BCUT2D eigenvalue weighted by Crippen LogP contribution is -2.16. The minimum absolute atomic E-state index is 0.219. The second-order valence-corrected chi connectivity index (χ2v) is 8.89. The molecule has 0 bridgehead atoms. The molecular formula is C29H25F3O3. The fraction of sp³-hybridized carbons (Fsp3) is 0.310. The third-order valence-corrected chi connectivity index (χ3v) is 6.33. The van der Waals surface area contributed by atoms with E-state index in [9.17, 15) is 13.2 Å². The molecule has 0 N–H and O–H groups in total. The molecule has 1 heterocycles. The van der Waals surface area contributed by atoms with Gasteiger partial charge in [-0.1, -0.05) is 30.9 Å². The Balaban J connectivity index is 1.25. The first-order valence-corrected chi connectivity index (χ1v) is 11.8. The summed E-state index contributed by atoms with van der Waals surface area (Å²) in [5.41, 5.74) is 6.34. The molecule has 0 saturated carbocycles. The average Bonchev–Trinajstić information content (AvgIpc) is 3.62. The summed E-state index contributed by atoms with van der Waals surface area (Å²) in [5, 5.41) is 0. The molecule has 35 heavy (non-hydrogen) atoms. The van der Waals surface area contributed by atoms with Crippen molar-refractivity contribution >= 4 is 0 Å². The van der Waals surface area contributed by atoms with E-state index in [2.05, 4.69) is 47.8 Å². The molecule has 1 saturated heterocycles. The fourth-order valence-corrected chi connectivity index (χ4v) is 4.43. The number of unbranched alkanes of at least 4 members (excludes halogenated alkanes) is 1. The van der Waals surface area contributed by atoms with Crippen LogP contribution >= 0.6 is 0 Å². The molecule has 3 aromatic rings. The van der Waals surface area contributed by atoms with Crippen molar-refractivity contribution in [3.8, 4) is 34.5 Å². The molecule has 180 valence electrons. The smallest absolute Gasteiger partial charge is 0.494 e. The first kappa shape index (κ1) is 23.3. The summed E-state index contributed by atoms with van der Waals surface area (Å²) in [6.45, 7) is 3.79. The molecule has 3 aromatic carbocycles. The highest BCUT2D eigenvalue weighted by molar-refractivity contribution is 5.80. The number of halogens is 3. The minimum Gasteiger partial charge on any atom is -0.494 e. The maximum Gasteiger partial charge on any atom is 0.573 e. The highest BCUT2D eigenvalue weighted by Crippen LogP contribution is 2.46. The van der Waals surface area contributed by atoms with Gasteiger partial charge in [-0.15, -0.1) is 13.2 Å². The van der Waals surface area contributed by atoms with Crippen LogP contribution in [0.3, 0.4) is 0 Å². The van der Waals surface area contributed by atoms with Crippen molar-refractivity contribution in [2.24, 2.45) is 0 Å². The predicted octanol–water partition coefficient (Wildman–Crippen LogP) is 7.07. The van der Waals surface area contributed by atoms with E-state index in [0.717, 1.165) is 37.2 Å². The van der Waals surface area contributed by atoms with Crippen LogP contribution in [0.4, 0.5) is 13.2 Å². The van der Waals surface area contributed by atoms with Crippen molar-refractivity contribution in [1.82, 2.24) is 0 Å². The molecule has 3 nitrogen and oxygen atoms in total. The quantitative estimate of drug-likeness (QED) is 0.207. The third-order valence-electron chi connectivity index (χ3n) is 6.33. The summed E-state index contributed by atoms with van der Waals surface area (Å²) in [5.74, 6) is 6.99. The van der Waals surface area contributed by atoms with Crippen LogP contribution in [0, 0.1) is 11.8 Å². The zero-order chi connectivity index (χ0) is 24.4. The van der Waals surface area contributed by atoms with Gasteiger partial charge in [0.2, 0.25) is 0 Å².